The van der Waals surface area contributed by atoms with Gasteiger partial charge in [0.2, 0.25) is 0 Å². The monoisotopic (exact) mass is 216 g/mol. The maximum atomic E-state index is 11.4. The Morgan fingerprint density at radius 1 is 1.20 bits per heavy atom. The Morgan fingerprint density at radius 3 is 2.40 bits per heavy atom. The van der Waals surface area contributed by atoms with Crippen molar-refractivity contribution in [1.82, 2.24) is 0 Å². The van der Waals surface area contributed by atoms with Crippen molar-refractivity contribution in [2.45, 2.75) is 53.1 Å². The van der Waals surface area contributed by atoms with Gasteiger partial charge in [0.15, 0.2) is 0 Å². The molecular formula is C12H24O3. The average Bonchev–Trinajstić information content (AvgIpc) is 2.16. The summed E-state index contributed by atoms with van der Waals surface area (Å²) in [6.45, 7) is 9.18. The maximum Gasteiger partial charge on any atom is 0.308 e. The number of carbonyl (C=O) groups excluding carboxylic acids is 1. The SMILES string of the molecule is CCCCOCC[C@H](C)C(=O)OC(C)C. The summed E-state index contributed by atoms with van der Waals surface area (Å²) >= 11 is 0. The zero-order valence-corrected chi connectivity index (χ0v) is 10.4. The standard InChI is InChI=1S/C12H24O3/c1-5-6-8-14-9-7-11(4)12(13)15-10(2)3/h10-11H,5-9H2,1-4H3/t11-/m0/s1. The summed E-state index contributed by atoms with van der Waals surface area (Å²) in [5.41, 5.74) is 0. The molecule has 0 aliphatic carbocycles. The molecule has 0 aromatic rings. The van der Waals surface area contributed by atoms with Crippen LogP contribution < -0.4 is 0 Å². The van der Waals surface area contributed by atoms with Crippen molar-refractivity contribution < 1.29 is 14.3 Å². The van der Waals surface area contributed by atoms with Crippen LogP contribution in [0.2, 0.25) is 0 Å². The minimum absolute atomic E-state index is 0.0269. The Hall–Kier alpha value is -0.570. The second-order valence-corrected chi connectivity index (χ2v) is 4.14. The molecule has 3 nitrogen and oxygen atoms in total. The van der Waals surface area contributed by atoms with Gasteiger partial charge in [0.05, 0.1) is 12.0 Å². The molecule has 0 aliphatic rings. The number of rotatable bonds is 8. The van der Waals surface area contributed by atoms with Gasteiger partial charge in [-0.1, -0.05) is 20.3 Å². The molecule has 0 rings (SSSR count). The van der Waals surface area contributed by atoms with Gasteiger partial charge in [0.1, 0.15) is 0 Å². The fourth-order valence-corrected chi connectivity index (χ4v) is 1.07. The fraction of sp³-hybridized carbons (Fsp3) is 0.917. The molecule has 0 unspecified atom stereocenters. The highest BCUT2D eigenvalue weighted by Crippen LogP contribution is 2.06. The topological polar surface area (TPSA) is 35.5 Å². The van der Waals surface area contributed by atoms with E-state index < -0.39 is 0 Å². The summed E-state index contributed by atoms with van der Waals surface area (Å²) < 4.78 is 10.5. The number of unbranched alkanes of at least 4 members (excludes halogenated alkanes) is 1. The van der Waals surface area contributed by atoms with Crippen LogP contribution in [0.25, 0.3) is 0 Å². The molecule has 0 aromatic heterocycles. The number of esters is 1. The van der Waals surface area contributed by atoms with Gasteiger partial charge in [-0.25, -0.2) is 0 Å². The van der Waals surface area contributed by atoms with E-state index in [1.54, 1.807) is 0 Å². The van der Waals surface area contributed by atoms with Gasteiger partial charge < -0.3 is 9.47 Å². The normalized spacial score (nSPS) is 12.9. The summed E-state index contributed by atoms with van der Waals surface area (Å²) in [5.74, 6) is -0.182. The highest BCUT2D eigenvalue weighted by molar-refractivity contribution is 5.72. The quantitative estimate of drug-likeness (QED) is 0.462. The van der Waals surface area contributed by atoms with Crippen molar-refractivity contribution in [2.75, 3.05) is 13.2 Å². The molecule has 0 saturated heterocycles. The lowest BCUT2D eigenvalue weighted by Crippen LogP contribution is -2.20. The van der Waals surface area contributed by atoms with E-state index in [2.05, 4.69) is 6.92 Å². The van der Waals surface area contributed by atoms with E-state index in [0.717, 1.165) is 25.9 Å². The summed E-state index contributed by atoms with van der Waals surface area (Å²) in [4.78, 5) is 11.4. The van der Waals surface area contributed by atoms with E-state index in [9.17, 15) is 4.79 Å². The van der Waals surface area contributed by atoms with Crippen LogP contribution in [0.3, 0.4) is 0 Å². The molecule has 0 saturated carbocycles. The first kappa shape index (κ1) is 14.4. The zero-order valence-electron chi connectivity index (χ0n) is 10.4. The van der Waals surface area contributed by atoms with Crippen LogP contribution in [0.15, 0.2) is 0 Å². The minimum atomic E-state index is -0.121. The highest BCUT2D eigenvalue weighted by atomic mass is 16.5. The molecule has 3 heteroatoms. The number of carbonyl (C=O) groups is 1. The summed E-state index contributed by atoms with van der Waals surface area (Å²) in [6.07, 6.45) is 2.95. The molecule has 0 spiro atoms. The maximum absolute atomic E-state index is 11.4. The predicted molar refractivity (Wildman–Crippen MR) is 60.7 cm³/mol. The summed E-state index contributed by atoms with van der Waals surface area (Å²) in [6, 6.07) is 0. The van der Waals surface area contributed by atoms with Crippen molar-refractivity contribution in [1.29, 1.82) is 0 Å². The van der Waals surface area contributed by atoms with Crippen LogP contribution in [0.1, 0.15) is 47.0 Å². The Bertz CT molecular complexity index is 166. The molecule has 0 amide bonds. The van der Waals surface area contributed by atoms with E-state index in [0.29, 0.717) is 6.61 Å². The van der Waals surface area contributed by atoms with Gasteiger partial charge in [0, 0.05) is 13.2 Å². The van der Waals surface area contributed by atoms with E-state index in [4.69, 9.17) is 9.47 Å². The van der Waals surface area contributed by atoms with Gasteiger partial charge in [-0.2, -0.15) is 0 Å². The number of hydrogen-bond acceptors (Lipinski definition) is 3. The van der Waals surface area contributed by atoms with Crippen molar-refractivity contribution in [3.8, 4) is 0 Å². The third-order valence-corrected chi connectivity index (χ3v) is 2.09. The smallest absolute Gasteiger partial charge is 0.308 e. The number of hydrogen-bond donors (Lipinski definition) is 0. The van der Waals surface area contributed by atoms with Gasteiger partial charge in [-0.05, 0) is 26.7 Å². The largest absolute Gasteiger partial charge is 0.463 e. The molecule has 15 heavy (non-hydrogen) atoms. The summed E-state index contributed by atoms with van der Waals surface area (Å²) in [7, 11) is 0. The summed E-state index contributed by atoms with van der Waals surface area (Å²) in [5, 5.41) is 0. The Labute approximate surface area is 93.1 Å². The lowest BCUT2D eigenvalue weighted by molar-refractivity contribution is -0.152. The lowest BCUT2D eigenvalue weighted by Gasteiger charge is -2.13. The van der Waals surface area contributed by atoms with Crippen LogP contribution >= 0.6 is 0 Å². The van der Waals surface area contributed by atoms with Crippen LogP contribution in [-0.4, -0.2) is 25.3 Å². The molecule has 0 aliphatic heterocycles. The van der Waals surface area contributed by atoms with Crippen molar-refractivity contribution >= 4 is 5.97 Å². The molecule has 1 atom stereocenters. The first-order valence-corrected chi connectivity index (χ1v) is 5.86. The molecule has 0 heterocycles. The Kier molecular flexibility index (Phi) is 8.38. The van der Waals surface area contributed by atoms with Crippen LogP contribution in [0, 0.1) is 5.92 Å². The van der Waals surface area contributed by atoms with Crippen LogP contribution in [0.4, 0.5) is 0 Å². The van der Waals surface area contributed by atoms with E-state index in [1.165, 1.54) is 0 Å². The van der Waals surface area contributed by atoms with Crippen molar-refractivity contribution in [2.24, 2.45) is 5.92 Å². The predicted octanol–water partition coefficient (Wildman–Crippen LogP) is 2.78. The second-order valence-electron chi connectivity index (χ2n) is 4.14. The highest BCUT2D eigenvalue weighted by Gasteiger charge is 2.15. The average molecular weight is 216 g/mol. The third kappa shape index (κ3) is 8.43. The van der Waals surface area contributed by atoms with Crippen LogP contribution in [0.5, 0.6) is 0 Å². The van der Waals surface area contributed by atoms with Gasteiger partial charge in [-0.3, -0.25) is 4.79 Å². The van der Waals surface area contributed by atoms with Gasteiger partial charge >= 0.3 is 5.97 Å². The van der Waals surface area contributed by atoms with Crippen LogP contribution in [-0.2, 0) is 14.3 Å². The van der Waals surface area contributed by atoms with Gasteiger partial charge in [-0.15, -0.1) is 0 Å². The van der Waals surface area contributed by atoms with Gasteiger partial charge in [0.25, 0.3) is 0 Å². The number of ether oxygens (including phenoxy) is 2. The first-order chi connectivity index (χ1) is 7.07. The Balaban J connectivity index is 3.47. The molecule has 0 N–H and O–H groups in total. The van der Waals surface area contributed by atoms with E-state index in [1.807, 2.05) is 20.8 Å². The van der Waals surface area contributed by atoms with Crippen molar-refractivity contribution in [3.63, 3.8) is 0 Å². The van der Waals surface area contributed by atoms with Crippen molar-refractivity contribution in [3.05, 3.63) is 0 Å². The van der Waals surface area contributed by atoms with E-state index >= 15 is 0 Å². The first-order valence-electron chi connectivity index (χ1n) is 5.86. The molecule has 0 aromatic carbocycles. The molecule has 0 fully saturated rings. The second kappa shape index (κ2) is 8.72. The molecule has 0 bridgehead atoms. The molecular weight excluding hydrogens is 192 g/mol. The zero-order chi connectivity index (χ0) is 11.7. The fourth-order valence-electron chi connectivity index (χ4n) is 1.07. The Morgan fingerprint density at radius 2 is 1.87 bits per heavy atom. The third-order valence-electron chi connectivity index (χ3n) is 2.09. The van der Waals surface area contributed by atoms with E-state index in [-0.39, 0.29) is 18.0 Å². The molecule has 90 valence electrons. The molecule has 0 radical (unpaired) electrons. The minimum Gasteiger partial charge on any atom is -0.463 e. The lowest BCUT2D eigenvalue weighted by atomic mass is 10.1.